The molecule has 0 radical (unpaired) electrons. The number of halogens is 3. The third kappa shape index (κ3) is 5.00. The second kappa shape index (κ2) is 9.80. The second-order valence-electron chi connectivity index (χ2n) is 8.60. The Morgan fingerprint density at radius 1 is 1.22 bits per heavy atom. The zero-order chi connectivity index (χ0) is 23.5. The maximum Gasteiger partial charge on any atom is 0.417 e. The molecular weight excluding hydrogens is 421 g/mol. The van der Waals surface area contributed by atoms with Gasteiger partial charge in [-0.3, -0.25) is 9.59 Å². The number of nitrogens with one attached hydrogen (secondary N) is 1. The third-order valence-electron chi connectivity index (χ3n) is 6.70. The predicted octanol–water partition coefficient (Wildman–Crippen LogP) is 3.41. The molecule has 0 saturated carbocycles. The smallest absolute Gasteiger partial charge is 0.372 e. The normalized spacial score (nSPS) is 22.0. The minimum atomic E-state index is -4.58. The minimum Gasteiger partial charge on any atom is -0.372 e. The molecule has 9 heteroatoms. The molecule has 0 spiro atoms. The van der Waals surface area contributed by atoms with E-state index >= 15 is 0 Å². The fourth-order valence-corrected chi connectivity index (χ4v) is 4.99. The number of alkyl halides is 3. The minimum absolute atomic E-state index is 0.0459. The Balaban J connectivity index is 1.71. The van der Waals surface area contributed by atoms with Crippen LogP contribution in [-0.2, 0) is 15.8 Å². The van der Waals surface area contributed by atoms with E-state index in [4.69, 9.17) is 5.26 Å². The molecule has 0 unspecified atom stereocenters. The van der Waals surface area contributed by atoms with Crippen molar-refractivity contribution in [1.29, 1.82) is 5.26 Å². The molecule has 2 heterocycles. The molecule has 2 atom stereocenters. The lowest BCUT2D eigenvalue weighted by atomic mass is 9.78. The van der Waals surface area contributed by atoms with Crippen LogP contribution in [0.4, 0.5) is 18.9 Å². The Morgan fingerprint density at radius 3 is 2.47 bits per heavy atom. The molecule has 2 aliphatic rings. The Kier molecular flexibility index (Phi) is 7.32. The number of nitriles is 1. The van der Waals surface area contributed by atoms with Crippen LogP contribution in [0.15, 0.2) is 18.2 Å². The quantitative estimate of drug-likeness (QED) is 0.746. The monoisotopic (exact) mass is 450 g/mol. The molecule has 3 rings (SSSR count). The van der Waals surface area contributed by atoms with Crippen molar-refractivity contribution >= 4 is 17.5 Å². The van der Waals surface area contributed by atoms with Gasteiger partial charge in [0, 0.05) is 45.3 Å². The van der Waals surface area contributed by atoms with Crippen molar-refractivity contribution in [3.63, 3.8) is 0 Å². The highest BCUT2D eigenvalue weighted by molar-refractivity contribution is 5.82. The average Bonchev–Trinajstić information content (AvgIpc) is 3.23. The van der Waals surface area contributed by atoms with Crippen LogP contribution in [0.5, 0.6) is 0 Å². The molecule has 0 aromatic heterocycles. The van der Waals surface area contributed by atoms with E-state index in [0.29, 0.717) is 38.3 Å². The first-order valence-corrected chi connectivity index (χ1v) is 11.0. The number of hydrogen-bond acceptors (Lipinski definition) is 4. The predicted molar refractivity (Wildman–Crippen MR) is 114 cm³/mol. The van der Waals surface area contributed by atoms with Crippen molar-refractivity contribution in [2.24, 2.45) is 17.8 Å². The summed E-state index contributed by atoms with van der Waals surface area (Å²) in [5.74, 6) is 0.00638. The number of piperidine rings is 1. The zero-order valence-corrected chi connectivity index (χ0v) is 18.4. The van der Waals surface area contributed by atoms with Crippen molar-refractivity contribution in [3.8, 4) is 6.07 Å². The van der Waals surface area contributed by atoms with E-state index in [1.54, 1.807) is 24.1 Å². The van der Waals surface area contributed by atoms with E-state index in [0.717, 1.165) is 25.3 Å². The van der Waals surface area contributed by atoms with Crippen LogP contribution in [0.2, 0.25) is 0 Å². The summed E-state index contributed by atoms with van der Waals surface area (Å²) >= 11 is 0. The van der Waals surface area contributed by atoms with Gasteiger partial charge >= 0.3 is 6.18 Å². The van der Waals surface area contributed by atoms with Crippen LogP contribution in [0.3, 0.4) is 0 Å². The lowest BCUT2D eigenvalue weighted by Gasteiger charge is -2.37. The first kappa shape index (κ1) is 23.9. The van der Waals surface area contributed by atoms with Gasteiger partial charge in [0.25, 0.3) is 0 Å². The van der Waals surface area contributed by atoms with Gasteiger partial charge < -0.3 is 15.1 Å². The second-order valence-corrected chi connectivity index (χ2v) is 8.60. The van der Waals surface area contributed by atoms with E-state index in [1.165, 1.54) is 6.07 Å². The van der Waals surface area contributed by atoms with Gasteiger partial charge in [-0.15, -0.1) is 0 Å². The summed E-state index contributed by atoms with van der Waals surface area (Å²) < 4.78 is 40.0. The van der Waals surface area contributed by atoms with Gasteiger partial charge in [-0.1, -0.05) is 6.92 Å². The van der Waals surface area contributed by atoms with E-state index < -0.39 is 11.7 Å². The standard InChI is InChI=1S/C23H29F3N4O2/c1-3-4-21(31)30-13-18(19(14-30)22(32)28-2)15-7-9-29(10-8-15)17-6-5-16(12-27)20(11-17)23(24,25)26/h5-6,11,15,18-19H,3-4,7-10,13-14H2,1-2H3,(H,28,32)/t18-,19+/m0/s1. The van der Waals surface area contributed by atoms with Crippen LogP contribution in [0.1, 0.15) is 43.7 Å². The Labute approximate surface area is 186 Å². The number of amides is 2. The fourth-order valence-electron chi connectivity index (χ4n) is 4.99. The summed E-state index contributed by atoms with van der Waals surface area (Å²) in [4.78, 5) is 28.6. The van der Waals surface area contributed by atoms with Crippen LogP contribution in [0.25, 0.3) is 0 Å². The van der Waals surface area contributed by atoms with Gasteiger partial charge in [-0.05, 0) is 49.3 Å². The third-order valence-corrected chi connectivity index (χ3v) is 6.70. The van der Waals surface area contributed by atoms with Crippen LogP contribution in [-0.4, -0.2) is 49.9 Å². The molecule has 0 bridgehead atoms. The molecule has 2 amide bonds. The van der Waals surface area contributed by atoms with E-state index in [2.05, 4.69) is 5.32 Å². The lowest BCUT2D eigenvalue weighted by molar-refractivity contribution is -0.137. The molecule has 32 heavy (non-hydrogen) atoms. The largest absolute Gasteiger partial charge is 0.417 e. The molecule has 6 nitrogen and oxygen atoms in total. The van der Waals surface area contributed by atoms with Crippen molar-refractivity contribution in [3.05, 3.63) is 29.3 Å². The molecule has 1 aromatic carbocycles. The number of carbonyl (C=O) groups excluding carboxylic acids is 2. The van der Waals surface area contributed by atoms with Gasteiger partial charge in [0.2, 0.25) is 11.8 Å². The lowest BCUT2D eigenvalue weighted by Crippen LogP contribution is -2.41. The highest BCUT2D eigenvalue weighted by Gasteiger charge is 2.43. The molecule has 1 aromatic rings. The molecule has 1 N–H and O–H groups in total. The molecule has 2 saturated heterocycles. The molecule has 2 fully saturated rings. The first-order valence-electron chi connectivity index (χ1n) is 11.0. The van der Waals surface area contributed by atoms with Crippen LogP contribution >= 0.6 is 0 Å². The average molecular weight is 451 g/mol. The van der Waals surface area contributed by atoms with Gasteiger partial charge in [-0.2, -0.15) is 18.4 Å². The Bertz CT molecular complexity index is 888. The van der Waals surface area contributed by atoms with Crippen molar-refractivity contribution in [2.75, 3.05) is 38.1 Å². The topological polar surface area (TPSA) is 76.4 Å². The summed E-state index contributed by atoms with van der Waals surface area (Å²) in [5, 5.41) is 11.7. The SMILES string of the molecule is CCCC(=O)N1C[C@@H](C(=O)NC)[C@H](C2CCN(c3ccc(C#N)c(C(F)(F)F)c3)CC2)C1. The number of hydrogen-bond donors (Lipinski definition) is 1. The van der Waals surface area contributed by atoms with Gasteiger partial charge in [-0.25, -0.2) is 0 Å². The number of likely N-dealkylation sites (tertiary alicyclic amines) is 1. The Morgan fingerprint density at radius 2 is 1.91 bits per heavy atom. The molecule has 174 valence electrons. The summed E-state index contributed by atoms with van der Waals surface area (Å²) in [6, 6.07) is 5.44. The molecule has 2 aliphatic heterocycles. The summed E-state index contributed by atoms with van der Waals surface area (Å²) in [7, 11) is 1.60. The van der Waals surface area contributed by atoms with Crippen molar-refractivity contribution < 1.29 is 22.8 Å². The highest BCUT2D eigenvalue weighted by atomic mass is 19.4. The van der Waals surface area contributed by atoms with E-state index in [-0.39, 0.29) is 35.1 Å². The number of rotatable bonds is 5. The van der Waals surface area contributed by atoms with E-state index in [1.807, 2.05) is 11.8 Å². The first-order chi connectivity index (χ1) is 15.2. The molecule has 0 aliphatic carbocycles. The van der Waals surface area contributed by atoms with Crippen molar-refractivity contribution in [2.45, 2.75) is 38.8 Å². The van der Waals surface area contributed by atoms with Crippen LogP contribution < -0.4 is 10.2 Å². The maximum atomic E-state index is 13.3. The van der Waals surface area contributed by atoms with Gasteiger partial charge in [0.05, 0.1) is 23.1 Å². The van der Waals surface area contributed by atoms with E-state index in [9.17, 15) is 22.8 Å². The number of carbonyl (C=O) groups is 2. The Hall–Kier alpha value is -2.76. The summed E-state index contributed by atoms with van der Waals surface area (Å²) in [6.45, 7) is 4.05. The summed E-state index contributed by atoms with van der Waals surface area (Å²) in [5.41, 5.74) is -0.851. The summed E-state index contributed by atoms with van der Waals surface area (Å²) in [6.07, 6.45) is -1.90. The van der Waals surface area contributed by atoms with Gasteiger partial charge in [0.1, 0.15) is 0 Å². The highest BCUT2D eigenvalue weighted by Crippen LogP contribution is 2.39. The van der Waals surface area contributed by atoms with Gasteiger partial charge in [0.15, 0.2) is 0 Å². The van der Waals surface area contributed by atoms with Crippen molar-refractivity contribution in [1.82, 2.24) is 10.2 Å². The number of anilines is 1. The maximum absolute atomic E-state index is 13.3. The number of nitrogens with zero attached hydrogens (tertiary/aromatic N) is 3. The number of benzene rings is 1. The zero-order valence-electron chi connectivity index (χ0n) is 18.4. The fraction of sp³-hybridized carbons (Fsp3) is 0.609. The molecular formula is C23H29F3N4O2. The van der Waals surface area contributed by atoms with Crippen LogP contribution in [0, 0.1) is 29.1 Å².